The molecule has 2 atom stereocenters. The zero-order valence-electron chi connectivity index (χ0n) is 4.76. The van der Waals surface area contributed by atoms with Crippen LogP contribution in [0.1, 0.15) is 6.92 Å². The maximum Gasteiger partial charge on any atom is 0.155 e. The fourth-order valence-electron chi connectivity index (χ4n) is 0.673. The van der Waals surface area contributed by atoms with Crippen LogP contribution in [0.25, 0.3) is 0 Å². The lowest BCUT2D eigenvalue weighted by molar-refractivity contribution is -0.0378. The number of hydrogen-bond donors (Lipinski definition) is 0. The molecular weight excluding hydrogens is 219 g/mol. The summed E-state index contributed by atoms with van der Waals surface area (Å²) in [4.78, 5) is 0. The standard InChI is InChI=1S/C5H9IO2/c1-4-7-3-5(2-6)8-4/h4-5H,2-3H2,1H3. The largest absolute Gasteiger partial charge is 0.350 e. The molecule has 0 spiro atoms. The number of alkyl halides is 1. The highest BCUT2D eigenvalue weighted by atomic mass is 127. The topological polar surface area (TPSA) is 18.5 Å². The van der Waals surface area contributed by atoms with Crippen LogP contribution in [0.5, 0.6) is 0 Å². The third kappa shape index (κ3) is 1.56. The third-order valence-corrected chi connectivity index (χ3v) is 2.06. The van der Waals surface area contributed by atoms with Crippen LogP contribution in [0.4, 0.5) is 0 Å². The van der Waals surface area contributed by atoms with E-state index in [0.29, 0.717) is 6.10 Å². The molecule has 0 saturated carbocycles. The van der Waals surface area contributed by atoms with E-state index in [1.54, 1.807) is 0 Å². The fourth-order valence-corrected chi connectivity index (χ4v) is 1.14. The summed E-state index contributed by atoms with van der Waals surface area (Å²) in [7, 11) is 0. The van der Waals surface area contributed by atoms with Crippen molar-refractivity contribution in [3.05, 3.63) is 0 Å². The van der Waals surface area contributed by atoms with Crippen molar-refractivity contribution < 1.29 is 9.47 Å². The molecule has 0 aliphatic carbocycles. The van der Waals surface area contributed by atoms with Gasteiger partial charge in [0.2, 0.25) is 0 Å². The zero-order chi connectivity index (χ0) is 5.98. The van der Waals surface area contributed by atoms with Gasteiger partial charge < -0.3 is 9.47 Å². The van der Waals surface area contributed by atoms with Crippen LogP contribution in [0.3, 0.4) is 0 Å². The van der Waals surface area contributed by atoms with E-state index >= 15 is 0 Å². The van der Waals surface area contributed by atoms with Gasteiger partial charge in [0.05, 0.1) is 12.7 Å². The molecule has 1 aliphatic rings. The summed E-state index contributed by atoms with van der Waals surface area (Å²) in [6.45, 7) is 2.69. The third-order valence-electron chi connectivity index (χ3n) is 1.07. The molecule has 0 radical (unpaired) electrons. The molecule has 3 heteroatoms. The molecule has 1 heterocycles. The summed E-state index contributed by atoms with van der Waals surface area (Å²) >= 11 is 2.29. The van der Waals surface area contributed by atoms with Gasteiger partial charge in [-0.2, -0.15) is 0 Å². The van der Waals surface area contributed by atoms with Crippen LogP contribution < -0.4 is 0 Å². The minimum atomic E-state index is 0.0229. The molecule has 2 unspecified atom stereocenters. The Morgan fingerprint density at radius 3 is 2.75 bits per heavy atom. The smallest absolute Gasteiger partial charge is 0.155 e. The maximum absolute atomic E-state index is 5.28. The van der Waals surface area contributed by atoms with Crippen LogP contribution in [0.15, 0.2) is 0 Å². The molecule has 2 nitrogen and oxygen atoms in total. The van der Waals surface area contributed by atoms with Crippen LogP contribution in [-0.2, 0) is 9.47 Å². The van der Waals surface area contributed by atoms with Gasteiger partial charge in [0, 0.05) is 4.43 Å². The van der Waals surface area contributed by atoms with E-state index < -0.39 is 0 Å². The van der Waals surface area contributed by atoms with Crippen LogP contribution >= 0.6 is 22.6 Å². The van der Waals surface area contributed by atoms with E-state index in [1.165, 1.54) is 0 Å². The summed E-state index contributed by atoms with van der Waals surface area (Å²) in [6.07, 6.45) is 0.361. The Morgan fingerprint density at radius 1 is 1.75 bits per heavy atom. The fraction of sp³-hybridized carbons (Fsp3) is 1.00. The first-order chi connectivity index (χ1) is 3.83. The lowest BCUT2D eigenvalue weighted by atomic mass is 10.5. The second-order valence-corrected chi connectivity index (χ2v) is 2.69. The van der Waals surface area contributed by atoms with Crippen molar-refractivity contribution >= 4 is 22.6 Å². The SMILES string of the molecule is CC1OCC(CI)O1. The Morgan fingerprint density at radius 2 is 2.50 bits per heavy atom. The molecule has 1 fully saturated rings. The Balaban J connectivity index is 2.22. The number of rotatable bonds is 1. The monoisotopic (exact) mass is 228 g/mol. The summed E-state index contributed by atoms with van der Waals surface area (Å²) in [6, 6.07) is 0. The minimum Gasteiger partial charge on any atom is -0.350 e. The highest BCUT2D eigenvalue weighted by molar-refractivity contribution is 14.1. The highest BCUT2D eigenvalue weighted by Gasteiger charge is 2.20. The second-order valence-electron chi connectivity index (χ2n) is 1.81. The van der Waals surface area contributed by atoms with E-state index in [9.17, 15) is 0 Å². The number of ether oxygens (including phenoxy) is 2. The van der Waals surface area contributed by atoms with Crippen LogP contribution in [0, 0.1) is 0 Å². The lowest BCUT2D eigenvalue weighted by Gasteiger charge is -2.01. The first-order valence-corrected chi connectivity index (χ1v) is 4.18. The van der Waals surface area contributed by atoms with Gasteiger partial charge in [-0.25, -0.2) is 0 Å². The molecule has 0 aromatic heterocycles. The van der Waals surface area contributed by atoms with E-state index in [2.05, 4.69) is 22.6 Å². The second kappa shape index (κ2) is 2.98. The van der Waals surface area contributed by atoms with Gasteiger partial charge in [-0.1, -0.05) is 22.6 Å². The molecule has 0 amide bonds. The normalized spacial score (nSPS) is 38.2. The van der Waals surface area contributed by atoms with Crippen molar-refractivity contribution in [1.82, 2.24) is 0 Å². The van der Waals surface area contributed by atoms with Crippen molar-refractivity contribution in [3.8, 4) is 0 Å². The van der Waals surface area contributed by atoms with E-state index in [-0.39, 0.29) is 6.29 Å². The zero-order valence-corrected chi connectivity index (χ0v) is 6.92. The maximum atomic E-state index is 5.28. The predicted molar refractivity (Wildman–Crippen MR) is 39.2 cm³/mol. The van der Waals surface area contributed by atoms with Gasteiger partial charge in [0.15, 0.2) is 6.29 Å². The van der Waals surface area contributed by atoms with Gasteiger partial charge in [0.25, 0.3) is 0 Å². The summed E-state index contributed by atoms with van der Waals surface area (Å²) < 4.78 is 11.4. The average molecular weight is 228 g/mol. The Kier molecular flexibility index (Phi) is 2.52. The highest BCUT2D eigenvalue weighted by Crippen LogP contribution is 2.11. The summed E-state index contributed by atoms with van der Waals surface area (Å²) in [5, 5.41) is 0. The molecule has 1 aliphatic heterocycles. The van der Waals surface area contributed by atoms with Crippen molar-refractivity contribution in [2.24, 2.45) is 0 Å². The molecule has 1 rings (SSSR count). The lowest BCUT2D eigenvalue weighted by Crippen LogP contribution is -2.11. The Bertz CT molecular complexity index is 76.8. The van der Waals surface area contributed by atoms with Crippen molar-refractivity contribution in [3.63, 3.8) is 0 Å². The molecule has 0 aromatic rings. The van der Waals surface area contributed by atoms with Crippen LogP contribution in [-0.4, -0.2) is 23.4 Å². The van der Waals surface area contributed by atoms with Gasteiger partial charge in [0.1, 0.15) is 0 Å². The van der Waals surface area contributed by atoms with Crippen molar-refractivity contribution in [2.45, 2.75) is 19.3 Å². The molecule has 1 saturated heterocycles. The van der Waals surface area contributed by atoms with Crippen molar-refractivity contribution in [1.29, 1.82) is 0 Å². The van der Waals surface area contributed by atoms with Gasteiger partial charge in [-0.15, -0.1) is 0 Å². The number of hydrogen-bond acceptors (Lipinski definition) is 2. The molecule has 8 heavy (non-hydrogen) atoms. The molecule has 0 N–H and O–H groups in total. The van der Waals surface area contributed by atoms with Gasteiger partial charge in [-0.3, -0.25) is 0 Å². The number of halogens is 1. The Hall–Kier alpha value is 0.650. The molecule has 0 aromatic carbocycles. The van der Waals surface area contributed by atoms with E-state index in [1.807, 2.05) is 6.92 Å². The average Bonchev–Trinajstić information content (AvgIpc) is 2.14. The predicted octanol–water partition coefficient (Wildman–Crippen LogP) is 1.18. The first-order valence-electron chi connectivity index (χ1n) is 2.66. The Labute approximate surface area is 62.7 Å². The van der Waals surface area contributed by atoms with Crippen LogP contribution in [0.2, 0.25) is 0 Å². The minimum absolute atomic E-state index is 0.0229. The quantitative estimate of drug-likeness (QED) is 0.495. The first kappa shape index (κ1) is 6.77. The summed E-state index contributed by atoms with van der Waals surface area (Å²) in [5.74, 6) is 0. The molecular formula is C5H9IO2. The van der Waals surface area contributed by atoms with Gasteiger partial charge in [-0.05, 0) is 6.92 Å². The van der Waals surface area contributed by atoms with Gasteiger partial charge >= 0.3 is 0 Å². The molecule has 0 bridgehead atoms. The van der Waals surface area contributed by atoms with E-state index in [0.717, 1.165) is 11.0 Å². The van der Waals surface area contributed by atoms with E-state index in [4.69, 9.17) is 9.47 Å². The summed E-state index contributed by atoms with van der Waals surface area (Å²) in [5.41, 5.74) is 0. The van der Waals surface area contributed by atoms with Crippen molar-refractivity contribution in [2.75, 3.05) is 11.0 Å². The molecule has 48 valence electrons.